The Bertz CT molecular complexity index is 1350. The van der Waals surface area contributed by atoms with Crippen LogP contribution in [0.2, 0.25) is 0 Å². The van der Waals surface area contributed by atoms with E-state index in [1.807, 2.05) is 13.8 Å². The summed E-state index contributed by atoms with van der Waals surface area (Å²) in [6.07, 6.45) is 0.862. The van der Waals surface area contributed by atoms with Gasteiger partial charge in [-0.3, -0.25) is 14.5 Å². The van der Waals surface area contributed by atoms with Crippen molar-refractivity contribution >= 4 is 23.1 Å². The van der Waals surface area contributed by atoms with Crippen LogP contribution in [0.1, 0.15) is 37.4 Å². The molecule has 1 fully saturated rings. The van der Waals surface area contributed by atoms with E-state index < -0.39 is 17.7 Å². The smallest absolute Gasteiger partial charge is 0.300 e. The number of amides is 1. The lowest BCUT2D eigenvalue weighted by molar-refractivity contribution is -0.132. The molecule has 0 saturated carbocycles. The average Bonchev–Trinajstić information content (AvgIpc) is 3.21. The second kappa shape index (κ2) is 11.7. The summed E-state index contributed by atoms with van der Waals surface area (Å²) in [6, 6.07) is 17.9. The van der Waals surface area contributed by atoms with E-state index in [1.165, 1.54) is 19.1 Å². The lowest BCUT2D eigenvalue weighted by Crippen LogP contribution is -2.29. The van der Waals surface area contributed by atoms with Crippen molar-refractivity contribution in [2.45, 2.75) is 26.3 Å². The van der Waals surface area contributed by atoms with Gasteiger partial charge < -0.3 is 24.1 Å². The molecular weight excluding hydrogens is 486 g/mol. The number of aliphatic hydroxyl groups excluding tert-OH is 1. The van der Waals surface area contributed by atoms with Crippen LogP contribution in [0.15, 0.2) is 72.3 Å². The van der Waals surface area contributed by atoms with Crippen molar-refractivity contribution in [1.82, 2.24) is 0 Å². The van der Waals surface area contributed by atoms with Gasteiger partial charge in [0.05, 0.1) is 39.0 Å². The molecule has 0 bridgehead atoms. The van der Waals surface area contributed by atoms with Crippen LogP contribution in [0.25, 0.3) is 5.76 Å². The number of aliphatic hydroxyl groups is 1. The number of hydrogen-bond donors (Lipinski definition) is 1. The lowest BCUT2D eigenvalue weighted by Gasteiger charge is -2.26. The van der Waals surface area contributed by atoms with Crippen molar-refractivity contribution in [3.05, 3.63) is 83.4 Å². The molecule has 38 heavy (non-hydrogen) atoms. The van der Waals surface area contributed by atoms with Crippen LogP contribution in [0, 0.1) is 0 Å². The van der Waals surface area contributed by atoms with Crippen molar-refractivity contribution in [2.75, 3.05) is 32.3 Å². The molecule has 0 spiro atoms. The molecule has 1 amide bonds. The number of Topliss-reactive ketones (excluding diaryl/α,β-unsaturated/α-hetero) is 1. The fourth-order valence-corrected chi connectivity index (χ4v) is 4.41. The van der Waals surface area contributed by atoms with Crippen molar-refractivity contribution in [3.8, 4) is 23.0 Å². The molecule has 4 rings (SSSR count). The lowest BCUT2D eigenvalue weighted by atomic mass is 9.94. The molecule has 1 N–H and O–H groups in total. The van der Waals surface area contributed by atoms with Crippen LogP contribution in [0.5, 0.6) is 23.0 Å². The molecule has 1 saturated heterocycles. The van der Waals surface area contributed by atoms with Crippen molar-refractivity contribution in [3.63, 3.8) is 0 Å². The van der Waals surface area contributed by atoms with E-state index in [4.69, 9.17) is 18.9 Å². The minimum Gasteiger partial charge on any atom is -0.507 e. The Kier molecular flexibility index (Phi) is 8.21. The van der Waals surface area contributed by atoms with Crippen LogP contribution < -0.4 is 23.8 Å². The Morgan fingerprint density at radius 2 is 1.61 bits per heavy atom. The summed E-state index contributed by atoms with van der Waals surface area (Å²) in [5, 5.41) is 11.4. The van der Waals surface area contributed by atoms with Gasteiger partial charge in [0.2, 0.25) is 0 Å². The van der Waals surface area contributed by atoms with Gasteiger partial charge in [-0.25, -0.2) is 0 Å². The number of anilines is 1. The summed E-state index contributed by atoms with van der Waals surface area (Å²) in [6.45, 7) is 4.88. The van der Waals surface area contributed by atoms with Crippen LogP contribution >= 0.6 is 0 Å². The normalized spacial score (nSPS) is 16.4. The van der Waals surface area contributed by atoms with Gasteiger partial charge in [0.25, 0.3) is 11.7 Å². The fourth-order valence-electron chi connectivity index (χ4n) is 4.41. The van der Waals surface area contributed by atoms with E-state index >= 15 is 0 Å². The molecule has 0 radical (unpaired) electrons. The van der Waals surface area contributed by atoms with Crippen LogP contribution in [0.3, 0.4) is 0 Å². The number of benzene rings is 3. The molecule has 3 aromatic carbocycles. The second-order valence-corrected chi connectivity index (χ2v) is 8.59. The summed E-state index contributed by atoms with van der Waals surface area (Å²) in [4.78, 5) is 28.3. The van der Waals surface area contributed by atoms with Gasteiger partial charge >= 0.3 is 0 Å². The van der Waals surface area contributed by atoms with Gasteiger partial charge in [-0.1, -0.05) is 19.1 Å². The topological polar surface area (TPSA) is 94.5 Å². The number of methoxy groups -OCH3 is 2. The first-order chi connectivity index (χ1) is 18.4. The summed E-state index contributed by atoms with van der Waals surface area (Å²) in [7, 11) is 3.03. The van der Waals surface area contributed by atoms with Crippen molar-refractivity contribution < 1.29 is 33.6 Å². The monoisotopic (exact) mass is 517 g/mol. The van der Waals surface area contributed by atoms with Crippen LogP contribution in [0.4, 0.5) is 5.69 Å². The van der Waals surface area contributed by atoms with Gasteiger partial charge in [0.15, 0.2) is 11.5 Å². The largest absolute Gasteiger partial charge is 0.507 e. The highest BCUT2D eigenvalue weighted by molar-refractivity contribution is 6.51. The first-order valence-corrected chi connectivity index (χ1v) is 12.4. The third kappa shape index (κ3) is 5.16. The third-order valence-corrected chi connectivity index (χ3v) is 6.18. The molecule has 198 valence electrons. The van der Waals surface area contributed by atoms with E-state index in [0.29, 0.717) is 53.0 Å². The summed E-state index contributed by atoms with van der Waals surface area (Å²) < 4.78 is 22.1. The maximum Gasteiger partial charge on any atom is 0.300 e. The maximum atomic E-state index is 13.5. The molecular formula is C30H31NO7. The average molecular weight is 518 g/mol. The summed E-state index contributed by atoms with van der Waals surface area (Å²) in [5.41, 5.74) is 1.37. The van der Waals surface area contributed by atoms with Crippen LogP contribution in [-0.4, -0.2) is 44.2 Å². The Morgan fingerprint density at radius 3 is 2.26 bits per heavy atom. The molecule has 0 aromatic heterocycles. The quantitative estimate of drug-likeness (QED) is 0.215. The Hall–Kier alpha value is -4.46. The number of ether oxygens (including phenoxy) is 4. The third-order valence-electron chi connectivity index (χ3n) is 6.18. The van der Waals surface area contributed by atoms with Gasteiger partial charge in [-0.15, -0.1) is 0 Å². The van der Waals surface area contributed by atoms with E-state index in [2.05, 4.69) is 0 Å². The molecule has 1 aliphatic rings. The minimum atomic E-state index is -0.928. The number of carbonyl (C=O) groups excluding carboxylic acids is 2. The number of ketones is 1. The molecule has 1 heterocycles. The molecule has 1 aliphatic heterocycles. The Morgan fingerprint density at radius 1 is 0.868 bits per heavy atom. The van der Waals surface area contributed by atoms with Gasteiger partial charge in [0, 0.05) is 17.3 Å². The molecule has 8 heteroatoms. The number of rotatable bonds is 10. The van der Waals surface area contributed by atoms with Crippen molar-refractivity contribution in [1.29, 1.82) is 0 Å². The first kappa shape index (κ1) is 26.6. The summed E-state index contributed by atoms with van der Waals surface area (Å²) in [5.74, 6) is 0.283. The van der Waals surface area contributed by atoms with E-state index in [1.54, 1.807) is 66.7 Å². The molecule has 0 aliphatic carbocycles. The maximum absolute atomic E-state index is 13.5. The highest BCUT2D eigenvalue weighted by Gasteiger charge is 2.47. The zero-order valence-corrected chi connectivity index (χ0v) is 21.9. The van der Waals surface area contributed by atoms with Gasteiger partial charge in [-0.05, 0) is 67.4 Å². The predicted molar refractivity (Wildman–Crippen MR) is 144 cm³/mol. The Labute approximate surface area is 222 Å². The zero-order valence-electron chi connectivity index (χ0n) is 21.9. The number of carbonyl (C=O) groups is 2. The molecule has 8 nitrogen and oxygen atoms in total. The molecule has 3 aromatic rings. The fraction of sp³-hybridized carbons (Fsp3) is 0.267. The Balaban J connectivity index is 1.88. The van der Waals surface area contributed by atoms with Gasteiger partial charge in [0.1, 0.15) is 17.3 Å². The SMILES string of the molecule is CCCOc1ccc(/C(O)=C2/C(=O)C(=O)N(c3cccc(OCC)c3)C2c2ccc(OC)c(OC)c2)cc1. The van der Waals surface area contributed by atoms with Crippen molar-refractivity contribution in [2.24, 2.45) is 0 Å². The van der Waals surface area contributed by atoms with E-state index in [0.717, 1.165) is 6.42 Å². The van der Waals surface area contributed by atoms with Gasteiger partial charge in [-0.2, -0.15) is 0 Å². The minimum absolute atomic E-state index is 0.0359. The van der Waals surface area contributed by atoms with Crippen LogP contribution in [-0.2, 0) is 9.59 Å². The number of nitrogens with zero attached hydrogens (tertiary/aromatic N) is 1. The number of hydrogen-bond acceptors (Lipinski definition) is 7. The van der Waals surface area contributed by atoms with E-state index in [9.17, 15) is 14.7 Å². The highest BCUT2D eigenvalue weighted by Crippen LogP contribution is 2.44. The molecule has 1 unspecified atom stereocenters. The predicted octanol–water partition coefficient (Wildman–Crippen LogP) is 5.52. The highest BCUT2D eigenvalue weighted by atomic mass is 16.5. The first-order valence-electron chi connectivity index (χ1n) is 12.4. The zero-order chi connectivity index (χ0) is 27.2. The molecule has 1 atom stereocenters. The van der Waals surface area contributed by atoms with E-state index in [-0.39, 0.29) is 11.3 Å². The second-order valence-electron chi connectivity index (χ2n) is 8.59. The summed E-state index contributed by atoms with van der Waals surface area (Å²) >= 11 is 0. The standard InChI is InChI=1S/C30H31NO7/c1-5-16-38-22-13-10-19(11-14-22)28(32)26-27(20-12-15-24(35-3)25(17-20)36-4)31(30(34)29(26)33)21-8-7-9-23(18-21)37-6-2/h7-15,17-18,27,32H,5-6,16H2,1-4H3/b28-26-.